The second-order valence-corrected chi connectivity index (χ2v) is 3.30. The second-order valence-electron chi connectivity index (χ2n) is 1.15. The molecule has 60 valence electrons. The van der Waals surface area contributed by atoms with Gasteiger partial charge in [-0.3, -0.25) is 9.11 Å². The highest BCUT2D eigenvalue weighted by Crippen LogP contribution is 2.40. The molecule has 0 saturated heterocycles. The van der Waals surface area contributed by atoms with Crippen molar-refractivity contribution in [2.75, 3.05) is 6.26 Å². The predicted molar refractivity (Wildman–Crippen MR) is 36.1 cm³/mol. The zero-order valence-electron chi connectivity index (χ0n) is 5.64. The maximum atomic E-state index is 11.1. The van der Waals surface area contributed by atoms with Gasteiger partial charge in [-0.15, -0.1) is 10.6 Å². The van der Waals surface area contributed by atoms with Crippen molar-refractivity contribution in [2.45, 2.75) is 19.6 Å². The van der Waals surface area contributed by atoms with E-state index < -0.39 is 16.3 Å². The number of hydrogen-bond acceptors (Lipinski definition) is 2. The zero-order chi connectivity index (χ0) is 8.08. The molecule has 0 bridgehead atoms. The Bertz CT molecular complexity index is 62.1. The van der Waals surface area contributed by atoms with E-state index in [0.29, 0.717) is 6.26 Å². The summed E-state index contributed by atoms with van der Waals surface area (Å²) >= 11 is 0. The van der Waals surface area contributed by atoms with E-state index in [1.54, 1.807) is 0 Å². The highest BCUT2D eigenvalue weighted by molar-refractivity contribution is 8.24. The van der Waals surface area contributed by atoms with Gasteiger partial charge in [0.1, 0.15) is 0 Å². The predicted octanol–water partition coefficient (Wildman–Crippen LogP) is 2.62. The minimum Gasteiger partial charge on any atom is -0.295 e. The molecule has 2 N–H and O–H groups in total. The van der Waals surface area contributed by atoms with Crippen LogP contribution in [0.15, 0.2) is 0 Å². The fraction of sp³-hybridized carbons (Fsp3) is 1.00. The van der Waals surface area contributed by atoms with E-state index in [1.807, 2.05) is 13.8 Å². The maximum absolute atomic E-state index is 11.1. The lowest BCUT2D eigenvalue weighted by molar-refractivity contribution is 0.217. The molecule has 0 aromatic rings. The highest BCUT2D eigenvalue weighted by Gasteiger charge is 2.16. The summed E-state index contributed by atoms with van der Waals surface area (Å²) in [7, 11) is -3.57. The summed E-state index contributed by atoms with van der Waals surface area (Å²) < 4.78 is 38.1. The number of alkyl halides is 2. The maximum Gasteiger partial charge on any atom is 0.326 e. The Morgan fingerprint density at radius 3 is 1.33 bits per heavy atom. The largest absolute Gasteiger partial charge is 0.326 e. The molecule has 0 aliphatic rings. The molecule has 5 heteroatoms. The first-order chi connectivity index (χ1) is 3.94. The molecule has 0 fully saturated rings. The van der Waals surface area contributed by atoms with E-state index in [2.05, 4.69) is 0 Å². The summed E-state index contributed by atoms with van der Waals surface area (Å²) in [5.74, 6) is -3.01. The smallest absolute Gasteiger partial charge is 0.295 e. The average Bonchev–Trinajstić information content (AvgIpc) is 1.69. The van der Waals surface area contributed by atoms with Crippen LogP contribution in [0.25, 0.3) is 0 Å². The molecule has 0 aromatic carbocycles. The van der Waals surface area contributed by atoms with Crippen molar-refractivity contribution in [1.82, 2.24) is 0 Å². The van der Waals surface area contributed by atoms with Gasteiger partial charge in [-0.1, -0.05) is 13.8 Å². The van der Waals surface area contributed by atoms with Crippen LogP contribution in [0.3, 0.4) is 0 Å². The van der Waals surface area contributed by atoms with Crippen LogP contribution in [0.1, 0.15) is 13.8 Å². The Labute approximate surface area is 55.2 Å². The van der Waals surface area contributed by atoms with E-state index >= 15 is 0 Å². The molecule has 0 amide bonds. The standard InChI is InChI=1S/C2H6F2O2S.C2H6/c1-7(5,6)2(3)4;1-2/h2,5-6H,1H3;1-2H3. The van der Waals surface area contributed by atoms with Gasteiger partial charge in [0.25, 0.3) is 0 Å². The van der Waals surface area contributed by atoms with E-state index in [9.17, 15) is 8.78 Å². The van der Waals surface area contributed by atoms with Gasteiger partial charge in [-0.05, 0) is 0 Å². The van der Waals surface area contributed by atoms with E-state index in [0.717, 1.165) is 0 Å². The Hall–Kier alpha value is 0.130. The summed E-state index contributed by atoms with van der Waals surface area (Å²) in [5.41, 5.74) is 0. The van der Waals surface area contributed by atoms with Crippen LogP contribution in [0, 0.1) is 0 Å². The van der Waals surface area contributed by atoms with Crippen molar-refractivity contribution in [2.24, 2.45) is 0 Å². The lowest BCUT2D eigenvalue weighted by Crippen LogP contribution is -2.03. The lowest BCUT2D eigenvalue weighted by atomic mass is 11.0. The van der Waals surface area contributed by atoms with E-state index in [-0.39, 0.29) is 0 Å². The third-order valence-corrected chi connectivity index (χ3v) is 1.01. The summed E-state index contributed by atoms with van der Waals surface area (Å²) in [5, 5.41) is 0. The summed E-state index contributed by atoms with van der Waals surface area (Å²) in [6, 6.07) is 0. The molecule has 0 heterocycles. The van der Waals surface area contributed by atoms with Gasteiger partial charge in [0, 0.05) is 6.26 Å². The van der Waals surface area contributed by atoms with Crippen LogP contribution in [0.4, 0.5) is 8.78 Å². The van der Waals surface area contributed by atoms with Gasteiger partial charge < -0.3 is 0 Å². The normalized spacial score (nSPS) is 12.4. The zero-order valence-corrected chi connectivity index (χ0v) is 6.45. The van der Waals surface area contributed by atoms with Crippen molar-refractivity contribution in [3.05, 3.63) is 0 Å². The van der Waals surface area contributed by atoms with Crippen LogP contribution in [-0.2, 0) is 0 Å². The van der Waals surface area contributed by atoms with Crippen molar-refractivity contribution >= 4 is 10.6 Å². The summed E-state index contributed by atoms with van der Waals surface area (Å²) in [6.45, 7) is 4.00. The molecule has 0 aliphatic heterocycles. The number of hydrogen-bond donors (Lipinski definition) is 2. The Kier molecular flexibility index (Phi) is 6.54. The van der Waals surface area contributed by atoms with Crippen molar-refractivity contribution in [3.8, 4) is 0 Å². The quantitative estimate of drug-likeness (QED) is 0.622. The SMILES string of the molecule is CC.CS(O)(O)C(F)F. The van der Waals surface area contributed by atoms with Crippen LogP contribution in [0.5, 0.6) is 0 Å². The van der Waals surface area contributed by atoms with Gasteiger partial charge in [0.15, 0.2) is 0 Å². The number of rotatable bonds is 1. The van der Waals surface area contributed by atoms with Gasteiger partial charge >= 0.3 is 5.76 Å². The van der Waals surface area contributed by atoms with Gasteiger partial charge in [0.05, 0.1) is 0 Å². The minimum absolute atomic E-state index is 0.706. The van der Waals surface area contributed by atoms with Gasteiger partial charge in [0.2, 0.25) is 0 Å². The highest BCUT2D eigenvalue weighted by atomic mass is 32.3. The summed E-state index contributed by atoms with van der Waals surface area (Å²) in [6.07, 6.45) is 0.706. The molecular weight excluding hydrogens is 150 g/mol. The van der Waals surface area contributed by atoms with Crippen LogP contribution >= 0.6 is 10.6 Å². The third-order valence-electron chi connectivity index (χ3n) is 0.338. The Morgan fingerprint density at radius 2 is 1.33 bits per heavy atom. The van der Waals surface area contributed by atoms with E-state index in [4.69, 9.17) is 9.11 Å². The molecule has 0 aromatic heterocycles. The topological polar surface area (TPSA) is 40.5 Å². The molecular formula is C4H12F2O2S. The first-order valence-corrected chi connectivity index (χ1v) is 4.46. The fourth-order valence-electron chi connectivity index (χ4n) is 0. The van der Waals surface area contributed by atoms with Crippen LogP contribution < -0.4 is 0 Å². The fourth-order valence-corrected chi connectivity index (χ4v) is 0. The molecule has 2 nitrogen and oxygen atoms in total. The molecule has 0 atom stereocenters. The first-order valence-electron chi connectivity index (χ1n) is 2.45. The monoisotopic (exact) mass is 162 g/mol. The molecule has 0 radical (unpaired) electrons. The average molecular weight is 162 g/mol. The molecule has 0 unspecified atom stereocenters. The molecule has 0 spiro atoms. The third kappa shape index (κ3) is 8.13. The summed E-state index contributed by atoms with van der Waals surface area (Å²) in [4.78, 5) is 0. The van der Waals surface area contributed by atoms with Crippen molar-refractivity contribution < 1.29 is 17.9 Å². The van der Waals surface area contributed by atoms with Crippen LogP contribution in [0.2, 0.25) is 0 Å². The first kappa shape index (κ1) is 11.9. The molecule has 0 rings (SSSR count). The Balaban J connectivity index is 0. The van der Waals surface area contributed by atoms with Crippen LogP contribution in [-0.4, -0.2) is 21.1 Å². The molecule has 0 saturated carbocycles. The van der Waals surface area contributed by atoms with E-state index in [1.165, 1.54) is 0 Å². The second kappa shape index (κ2) is 4.96. The Morgan fingerprint density at radius 1 is 1.22 bits per heavy atom. The minimum atomic E-state index is -3.57. The number of halogens is 2. The van der Waals surface area contributed by atoms with Crippen molar-refractivity contribution in [3.63, 3.8) is 0 Å². The van der Waals surface area contributed by atoms with Crippen molar-refractivity contribution in [1.29, 1.82) is 0 Å². The van der Waals surface area contributed by atoms with Gasteiger partial charge in [-0.25, -0.2) is 0 Å². The lowest BCUT2D eigenvalue weighted by Gasteiger charge is -2.24. The molecule has 0 aliphatic carbocycles. The molecule has 9 heavy (non-hydrogen) atoms. The van der Waals surface area contributed by atoms with Gasteiger partial charge in [-0.2, -0.15) is 8.78 Å².